The van der Waals surface area contributed by atoms with E-state index in [-0.39, 0.29) is 0 Å². The van der Waals surface area contributed by atoms with Gasteiger partial charge in [-0.15, -0.1) is 10.2 Å². The van der Waals surface area contributed by atoms with E-state index in [0.29, 0.717) is 11.2 Å². The largest absolute Gasteiger partial charge is 0.314 e. The zero-order valence-corrected chi connectivity index (χ0v) is 9.48. The Balaban J connectivity index is 1.93. The zero-order chi connectivity index (χ0) is 11.0. The average Bonchev–Trinajstić information content (AvgIpc) is 2.90. The predicted molar refractivity (Wildman–Crippen MR) is 60.5 cm³/mol. The number of hydrogen-bond acceptors (Lipinski definition) is 4. The molecule has 0 bridgehead atoms. The maximum atomic E-state index is 5.86. The Bertz CT molecular complexity index is 503. The summed E-state index contributed by atoms with van der Waals surface area (Å²) in [5, 5.41) is 16.3. The van der Waals surface area contributed by atoms with Crippen LogP contribution in [0.3, 0.4) is 0 Å². The van der Waals surface area contributed by atoms with E-state index in [0.717, 1.165) is 24.4 Å². The lowest BCUT2D eigenvalue weighted by atomic mass is 10.1. The van der Waals surface area contributed by atoms with Crippen LogP contribution in [0.4, 0.5) is 0 Å². The molecule has 3 heterocycles. The maximum absolute atomic E-state index is 5.86. The fourth-order valence-corrected chi connectivity index (χ4v) is 2.23. The molecule has 1 fully saturated rings. The minimum atomic E-state index is 0.466. The zero-order valence-electron chi connectivity index (χ0n) is 8.73. The highest BCUT2D eigenvalue weighted by atomic mass is 35.5. The van der Waals surface area contributed by atoms with Crippen LogP contribution in [0.25, 0.3) is 5.65 Å². The van der Waals surface area contributed by atoms with E-state index in [1.54, 1.807) is 10.6 Å². The second-order valence-electron chi connectivity index (χ2n) is 4.04. The van der Waals surface area contributed by atoms with Crippen LogP contribution in [0.1, 0.15) is 18.7 Å². The van der Waals surface area contributed by atoms with Crippen molar-refractivity contribution in [1.29, 1.82) is 0 Å². The molecule has 0 aliphatic carbocycles. The van der Waals surface area contributed by atoms with Crippen LogP contribution in [0.2, 0.25) is 5.15 Å². The van der Waals surface area contributed by atoms with Crippen LogP contribution in [0.5, 0.6) is 0 Å². The highest BCUT2D eigenvalue weighted by Gasteiger charge is 2.18. The van der Waals surface area contributed by atoms with Gasteiger partial charge in [0.05, 0.1) is 0 Å². The Morgan fingerprint density at radius 1 is 1.44 bits per heavy atom. The third kappa shape index (κ3) is 1.76. The van der Waals surface area contributed by atoms with Crippen molar-refractivity contribution in [2.75, 3.05) is 6.54 Å². The van der Waals surface area contributed by atoms with Gasteiger partial charge >= 0.3 is 0 Å². The summed E-state index contributed by atoms with van der Waals surface area (Å²) in [6.07, 6.45) is 3.28. The molecule has 1 unspecified atom stereocenters. The number of nitrogens with one attached hydrogen (secondary N) is 1. The SMILES string of the molecule is Clc1ccc2nnc(CC3CCCN3)n2n1. The first kappa shape index (κ1) is 9.99. The minimum Gasteiger partial charge on any atom is -0.314 e. The van der Waals surface area contributed by atoms with Crippen LogP contribution in [0.15, 0.2) is 12.1 Å². The molecule has 0 saturated carbocycles. The number of hydrogen-bond donors (Lipinski definition) is 1. The summed E-state index contributed by atoms with van der Waals surface area (Å²) in [7, 11) is 0. The van der Waals surface area contributed by atoms with E-state index < -0.39 is 0 Å². The smallest absolute Gasteiger partial charge is 0.178 e. The molecule has 5 nitrogen and oxygen atoms in total. The number of halogens is 1. The van der Waals surface area contributed by atoms with Crippen LogP contribution in [-0.2, 0) is 6.42 Å². The Labute approximate surface area is 97.8 Å². The lowest BCUT2D eigenvalue weighted by Gasteiger charge is -2.07. The number of rotatable bonds is 2. The lowest BCUT2D eigenvalue weighted by molar-refractivity contribution is 0.575. The van der Waals surface area contributed by atoms with Crippen molar-refractivity contribution < 1.29 is 0 Å². The van der Waals surface area contributed by atoms with Gasteiger partial charge in [-0.1, -0.05) is 11.6 Å². The van der Waals surface area contributed by atoms with Crippen molar-refractivity contribution >= 4 is 17.2 Å². The first-order valence-corrected chi connectivity index (χ1v) is 5.81. The fourth-order valence-electron chi connectivity index (χ4n) is 2.09. The molecule has 6 heteroatoms. The summed E-state index contributed by atoms with van der Waals surface area (Å²) >= 11 is 5.86. The molecular weight excluding hydrogens is 226 g/mol. The summed E-state index contributed by atoms with van der Waals surface area (Å²) in [6, 6.07) is 4.05. The quantitative estimate of drug-likeness (QED) is 0.849. The van der Waals surface area contributed by atoms with Gasteiger partial charge in [-0.2, -0.15) is 9.61 Å². The highest BCUT2D eigenvalue weighted by molar-refractivity contribution is 6.29. The summed E-state index contributed by atoms with van der Waals surface area (Å²) in [4.78, 5) is 0. The van der Waals surface area contributed by atoms with Crippen LogP contribution in [0, 0.1) is 0 Å². The highest BCUT2D eigenvalue weighted by Crippen LogP contribution is 2.12. The number of fused-ring (bicyclic) bond motifs is 1. The van der Waals surface area contributed by atoms with E-state index in [4.69, 9.17) is 11.6 Å². The van der Waals surface area contributed by atoms with Crippen molar-refractivity contribution in [2.45, 2.75) is 25.3 Å². The van der Waals surface area contributed by atoms with Gasteiger partial charge in [0.15, 0.2) is 11.5 Å². The van der Waals surface area contributed by atoms with Crippen molar-refractivity contribution in [3.8, 4) is 0 Å². The van der Waals surface area contributed by atoms with Gasteiger partial charge in [-0.05, 0) is 31.5 Å². The van der Waals surface area contributed by atoms with E-state index >= 15 is 0 Å². The molecular formula is C10H12ClN5. The molecule has 1 atom stereocenters. The minimum absolute atomic E-state index is 0.466. The molecule has 2 aromatic heterocycles. The molecule has 0 aromatic carbocycles. The van der Waals surface area contributed by atoms with Gasteiger partial charge in [-0.25, -0.2) is 0 Å². The Morgan fingerprint density at radius 3 is 3.19 bits per heavy atom. The van der Waals surface area contributed by atoms with Gasteiger partial charge in [0.1, 0.15) is 5.15 Å². The fraction of sp³-hybridized carbons (Fsp3) is 0.500. The van der Waals surface area contributed by atoms with E-state index in [1.807, 2.05) is 6.07 Å². The van der Waals surface area contributed by atoms with Gasteiger partial charge < -0.3 is 5.32 Å². The Morgan fingerprint density at radius 2 is 2.38 bits per heavy atom. The maximum Gasteiger partial charge on any atom is 0.178 e. The third-order valence-electron chi connectivity index (χ3n) is 2.89. The first-order valence-electron chi connectivity index (χ1n) is 5.43. The van der Waals surface area contributed by atoms with E-state index in [9.17, 15) is 0 Å². The molecule has 3 rings (SSSR count). The van der Waals surface area contributed by atoms with Gasteiger partial charge in [0, 0.05) is 12.5 Å². The van der Waals surface area contributed by atoms with Crippen LogP contribution in [-0.4, -0.2) is 32.4 Å². The van der Waals surface area contributed by atoms with Crippen molar-refractivity contribution in [3.05, 3.63) is 23.1 Å². The molecule has 1 N–H and O–H groups in total. The van der Waals surface area contributed by atoms with Crippen LogP contribution < -0.4 is 5.32 Å². The third-order valence-corrected chi connectivity index (χ3v) is 3.09. The molecule has 0 radical (unpaired) electrons. The number of nitrogens with zero attached hydrogens (tertiary/aromatic N) is 4. The summed E-state index contributed by atoms with van der Waals surface area (Å²) in [5.41, 5.74) is 0.748. The summed E-state index contributed by atoms with van der Waals surface area (Å²) in [5.74, 6) is 0.872. The molecule has 0 amide bonds. The normalized spacial score (nSPS) is 20.7. The average molecular weight is 238 g/mol. The predicted octanol–water partition coefficient (Wildman–Crippen LogP) is 1.07. The molecule has 1 aliphatic heterocycles. The molecule has 84 valence electrons. The van der Waals surface area contributed by atoms with Gasteiger partial charge in [-0.3, -0.25) is 0 Å². The van der Waals surface area contributed by atoms with Crippen molar-refractivity contribution in [1.82, 2.24) is 25.1 Å². The topological polar surface area (TPSA) is 55.1 Å². The second kappa shape index (κ2) is 3.99. The lowest BCUT2D eigenvalue weighted by Crippen LogP contribution is -2.24. The van der Waals surface area contributed by atoms with Gasteiger partial charge in [0.2, 0.25) is 0 Å². The van der Waals surface area contributed by atoms with Crippen molar-refractivity contribution in [3.63, 3.8) is 0 Å². The molecule has 1 aliphatic rings. The van der Waals surface area contributed by atoms with Crippen LogP contribution >= 0.6 is 11.6 Å². The molecule has 2 aromatic rings. The second-order valence-corrected chi connectivity index (χ2v) is 4.43. The number of aromatic nitrogens is 4. The summed E-state index contributed by atoms with van der Waals surface area (Å²) < 4.78 is 1.72. The van der Waals surface area contributed by atoms with E-state index in [1.165, 1.54) is 12.8 Å². The Hall–Kier alpha value is -1.20. The molecule has 16 heavy (non-hydrogen) atoms. The first-order chi connectivity index (χ1) is 7.83. The van der Waals surface area contributed by atoms with Crippen molar-refractivity contribution in [2.24, 2.45) is 0 Å². The standard InChI is InChI=1S/C10H12ClN5/c11-8-3-4-9-13-14-10(16(9)15-8)6-7-2-1-5-12-7/h3-4,7,12H,1-2,5-6H2. The molecule has 1 saturated heterocycles. The molecule has 0 spiro atoms. The monoisotopic (exact) mass is 237 g/mol. The Kier molecular flexibility index (Phi) is 2.49. The van der Waals surface area contributed by atoms with Gasteiger partial charge in [0.25, 0.3) is 0 Å². The van der Waals surface area contributed by atoms with E-state index in [2.05, 4.69) is 20.6 Å². The summed E-state index contributed by atoms with van der Waals surface area (Å²) in [6.45, 7) is 1.09.